The van der Waals surface area contributed by atoms with Crippen LogP contribution in [0.5, 0.6) is 5.75 Å². The van der Waals surface area contributed by atoms with E-state index in [1.54, 1.807) is 25.3 Å². The van der Waals surface area contributed by atoms with Crippen molar-refractivity contribution in [1.29, 1.82) is 0 Å². The SMILES string of the molecule is COc1ccc(-n2nc3ccc(NC(=S)NC(=O)C(C)(C)C)cc3n2)cc1Cl. The molecule has 0 radical (unpaired) electrons. The third-order valence-electron chi connectivity index (χ3n) is 3.91. The van der Waals surface area contributed by atoms with E-state index in [1.807, 2.05) is 39.0 Å². The maximum absolute atomic E-state index is 12.0. The number of anilines is 1. The predicted molar refractivity (Wildman–Crippen MR) is 114 cm³/mol. The van der Waals surface area contributed by atoms with E-state index in [9.17, 15) is 4.79 Å². The van der Waals surface area contributed by atoms with Crippen LogP contribution in [-0.2, 0) is 4.79 Å². The van der Waals surface area contributed by atoms with Crippen LogP contribution in [0.1, 0.15) is 20.8 Å². The largest absolute Gasteiger partial charge is 0.495 e. The van der Waals surface area contributed by atoms with Crippen molar-refractivity contribution in [2.75, 3.05) is 12.4 Å². The Balaban J connectivity index is 1.80. The standard InChI is InChI=1S/C19H20ClN5O2S/c1-19(2,3)17(26)22-18(28)21-11-5-7-14-15(9-11)24-25(23-14)12-6-8-16(27-4)13(20)10-12/h5-10H,1-4H3,(H2,21,22,26,28). The lowest BCUT2D eigenvalue weighted by molar-refractivity contribution is -0.126. The number of hydrogen-bond donors (Lipinski definition) is 2. The maximum Gasteiger partial charge on any atom is 0.231 e. The molecule has 9 heteroatoms. The minimum Gasteiger partial charge on any atom is -0.495 e. The van der Waals surface area contributed by atoms with Crippen LogP contribution < -0.4 is 15.4 Å². The summed E-state index contributed by atoms with van der Waals surface area (Å²) in [6, 6.07) is 10.8. The molecule has 0 fully saturated rings. The number of rotatable bonds is 3. The van der Waals surface area contributed by atoms with Gasteiger partial charge in [-0.3, -0.25) is 4.79 Å². The zero-order valence-electron chi connectivity index (χ0n) is 15.9. The summed E-state index contributed by atoms with van der Waals surface area (Å²) in [7, 11) is 1.56. The first-order valence-corrected chi connectivity index (χ1v) is 9.29. The highest BCUT2D eigenvalue weighted by Crippen LogP contribution is 2.26. The maximum atomic E-state index is 12.0. The smallest absolute Gasteiger partial charge is 0.231 e. The van der Waals surface area contributed by atoms with Crippen LogP contribution in [0.4, 0.5) is 5.69 Å². The molecule has 3 rings (SSSR count). The molecule has 2 N–H and O–H groups in total. The molecule has 28 heavy (non-hydrogen) atoms. The Labute approximate surface area is 173 Å². The molecule has 0 saturated heterocycles. The highest BCUT2D eigenvalue weighted by Gasteiger charge is 2.22. The fraction of sp³-hybridized carbons (Fsp3) is 0.263. The zero-order chi connectivity index (χ0) is 20.5. The Morgan fingerprint density at radius 2 is 1.86 bits per heavy atom. The van der Waals surface area contributed by atoms with Gasteiger partial charge in [-0.1, -0.05) is 32.4 Å². The first kappa shape index (κ1) is 20.0. The van der Waals surface area contributed by atoms with E-state index in [-0.39, 0.29) is 11.0 Å². The molecule has 1 heterocycles. The van der Waals surface area contributed by atoms with Gasteiger partial charge < -0.3 is 15.4 Å². The molecule has 0 saturated carbocycles. The first-order valence-electron chi connectivity index (χ1n) is 8.51. The van der Waals surface area contributed by atoms with Gasteiger partial charge in [0.25, 0.3) is 0 Å². The third-order valence-corrected chi connectivity index (χ3v) is 4.41. The molecule has 0 aliphatic heterocycles. The molecule has 7 nitrogen and oxygen atoms in total. The summed E-state index contributed by atoms with van der Waals surface area (Å²) in [4.78, 5) is 13.5. The topological polar surface area (TPSA) is 81.1 Å². The van der Waals surface area contributed by atoms with Gasteiger partial charge in [0.1, 0.15) is 16.8 Å². The van der Waals surface area contributed by atoms with Gasteiger partial charge in [0.05, 0.1) is 17.8 Å². The second-order valence-corrected chi connectivity index (χ2v) is 7.99. The summed E-state index contributed by atoms with van der Waals surface area (Å²) in [5.74, 6) is 0.424. The van der Waals surface area contributed by atoms with Crippen molar-refractivity contribution in [2.45, 2.75) is 20.8 Å². The number of fused-ring (bicyclic) bond motifs is 1. The lowest BCUT2D eigenvalue weighted by atomic mass is 9.96. The van der Waals surface area contributed by atoms with Crippen molar-refractivity contribution in [3.05, 3.63) is 41.4 Å². The van der Waals surface area contributed by atoms with E-state index < -0.39 is 5.41 Å². The minimum absolute atomic E-state index is 0.159. The van der Waals surface area contributed by atoms with Crippen LogP contribution in [-0.4, -0.2) is 33.1 Å². The van der Waals surface area contributed by atoms with Crippen LogP contribution in [0, 0.1) is 5.41 Å². The van der Waals surface area contributed by atoms with E-state index in [4.69, 9.17) is 28.6 Å². The van der Waals surface area contributed by atoms with Crippen molar-refractivity contribution in [3.8, 4) is 11.4 Å². The summed E-state index contributed by atoms with van der Waals surface area (Å²) < 4.78 is 5.16. The van der Waals surface area contributed by atoms with Crippen LogP contribution >= 0.6 is 23.8 Å². The normalized spacial score (nSPS) is 11.3. The van der Waals surface area contributed by atoms with Crippen LogP contribution in [0.15, 0.2) is 36.4 Å². The van der Waals surface area contributed by atoms with Crippen molar-refractivity contribution < 1.29 is 9.53 Å². The molecule has 1 aromatic heterocycles. The molecular formula is C19H20ClN5O2S. The van der Waals surface area contributed by atoms with Crippen LogP contribution in [0.3, 0.4) is 0 Å². The van der Waals surface area contributed by atoms with Crippen LogP contribution in [0.2, 0.25) is 5.02 Å². The van der Waals surface area contributed by atoms with Crippen molar-refractivity contribution in [1.82, 2.24) is 20.3 Å². The number of amides is 1. The quantitative estimate of drug-likeness (QED) is 0.628. The molecule has 3 aromatic rings. The van der Waals surface area contributed by atoms with Gasteiger partial charge in [-0.25, -0.2) is 0 Å². The minimum atomic E-state index is -0.530. The van der Waals surface area contributed by atoms with Crippen LogP contribution in [0.25, 0.3) is 16.7 Å². The number of nitrogens with zero attached hydrogens (tertiary/aromatic N) is 3. The summed E-state index contributed by atoms with van der Waals surface area (Å²) >= 11 is 11.4. The first-order chi connectivity index (χ1) is 13.2. The second kappa shape index (κ2) is 7.73. The summed E-state index contributed by atoms with van der Waals surface area (Å²) in [5.41, 5.74) is 2.26. The number of methoxy groups -OCH3 is 1. The van der Waals surface area contributed by atoms with Gasteiger partial charge in [-0.15, -0.1) is 10.2 Å². The van der Waals surface area contributed by atoms with E-state index in [0.717, 1.165) is 0 Å². The number of ether oxygens (including phenoxy) is 1. The van der Waals surface area contributed by atoms with E-state index >= 15 is 0 Å². The highest BCUT2D eigenvalue weighted by atomic mass is 35.5. The molecule has 0 aliphatic rings. The monoisotopic (exact) mass is 417 g/mol. The molecular weight excluding hydrogens is 398 g/mol. The molecule has 0 atom stereocenters. The van der Waals surface area contributed by atoms with E-state index in [1.165, 1.54) is 4.80 Å². The fourth-order valence-electron chi connectivity index (χ4n) is 2.34. The Kier molecular flexibility index (Phi) is 5.53. The molecule has 1 amide bonds. The average Bonchev–Trinajstić information content (AvgIpc) is 3.04. The Morgan fingerprint density at radius 1 is 1.14 bits per heavy atom. The van der Waals surface area contributed by atoms with Crippen molar-refractivity contribution >= 4 is 51.6 Å². The Bertz CT molecular complexity index is 1060. The lowest BCUT2D eigenvalue weighted by Crippen LogP contribution is -2.41. The number of thiocarbonyl (C=S) groups is 1. The number of hydrogen-bond acceptors (Lipinski definition) is 5. The van der Waals surface area contributed by atoms with E-state index in [2.05, 4.69) is 20.8 Å². The van der Waals surface area contributed by atoms with Crippen molar-refractivity contribution in [2.24, 2.45) is 5.41 Å². The molecule has 0 unspecified atom stereocenters. The number of carbonyl (C=O) groups is 1. The average molecular weight is 418 g/mol. The highest BCUT2D eigenvalue weighted by molar-refractivity contribution is 7.80. The van der Waals surface area contributed by atoms with Gasteiger partial charge in [-0.05, 0) is 48.6 Å². The number of benzene rings is 2. The third kappa shape index (κ3) is 4.40. The Hall–Kier alpha value is -2.71. The molecule has 2 aromatic carbocycles. The van der Waals surface area contributed by atoms with Crippen molar-refractivity contribution in [3.63, 3.8) is 0 Å². The predicted octanol–water partition coefficient (Wildman–Crippen LogP) is 3.94. The zero-order valence-corrected chi connectivity index (χ0v) is 17.5. The number of halogens is 1. The van der Waals surface area contributed by atoms with Gasteiger partial charge >= 0.3 is 0 Å². The number of carbonyl (C=O) groups excluding carboxylic acids is 1. The number of aromatic nitrogens is 3. The lowest BCUT2D eigenvalue weighted by Gasteiger charge is -2.18. The fourth-order valence-corrected chi connectivity index (χ4v) is 2.80. The van der Waals surface area contributed by atoms with Gasteiger partial charge in [0, 0.05) is 11.1 Å². The van der Waals surface area contributed by atoms with Gasteiger partial charge in [0.2, 0.25) is 5.91 Å². The molecule has 0 bridgehead atoms. The summed E-state index contributed by atoms with van der Waals surface area (Å²) in [5, 5.41) is 15.3. The second-order valence-electron chi connectivity index (χ2n) is 7.17. The summed E-state index contributed by atoms with van der Waals surface area (Å²) in [6.07, 6.45) is 0. The number of nitrogens with one attached hydrogen (secondary N) is 2. The van der Waals surface area contributed by atoms with Gasteiger partial charge in [-0.2, -0.15) is 4.80 Å². The Morgan fingerprint density at radius 3 is 2.50 bits per heavy atom. The van der Waals surface area contributed by atoms with E-state index in [0.29, 0.717) is 33.2 Å². The molecule has 146 valence electrons. The molecule has 0 spiro atoms. The molecule has 0 aliphatic carbocycles. The van der Waals surface area contributed by atoms with Gasteiger partial charge in [0.15, 0.2) is 5.11 Å². The summed E-state index contributed by atoms with van der Waals surface area (Å²) in [6.45, 7) is 5.46.